The number of nitrogens with two attached hydrogens (primary N) is 1. The Balaban J connectivity index is 2.59. The van der Waals surface area contributed by atoms with Crippen LogP contribution in [-0.4, -0.2) is 9.78 Å². The van der Waals surface area contributed by atoms with Gasteiger partial charge in [-0.25, -0.2) is 9.07 Å². The number of nitrogens with zero attached hydrogens (tertiary/aromatic N) is 2. The third-order valence-corrected chi connectivity index (χ3v) is 2.72. The number of halogens is 1. The minimum absolute atomic E-state index is 0.212. The molecule has 0 saturated heterocycles. The van der Waals surface area contributed by atoms with Crippen LogP contribution in [0, 0.1) is 5.82 Å². The van der Waals surface area contributed by atoms with Gasteiger partial charge >= 0.3 is 0 Å². The molecule has 94 valence electrons. The topological polar surface area (TPSA) is 60.9 Å². The van der Waals surface area contributed by atoms with Crippen LogP contribution in [0.25, 0.3) is 11.3 Å². The first-order valence-corrected chi connectivity index (χ1v) is 5.59. The highest BCUT2D eigenvalue weighted by molar-refractivity contribution is 5.59. The Morgan fingerprint density at radius 3 is 2.50 bits per heavy atom. The molecule has 0 saturated carbocycles. The summed E-state index contributed by atoms with van der Waals surface area (Å²) in [6.07, 6.45) is 0. The van der Waals surface area contributed by atoms with Crippen LogP contribution in [0.2, 0.25) is 0 Å². The summed E-state index contributed by atoms with van der Waals surface area (Å²) in [6, 6.07) is 7.23. The minimum atomic E-state index is -0.370. The summed E-state index contributed by atoms with van der Waals surface area (Å²) in [5.41, 5.74) is 7.38. The highest BCUT2D eigenvalue weighted by Gasteiger charge is 2.11. The van der Waals surface area contributed by atoms with Crippen molar-refractivity contribution in [1.29, 1.82) is 0 Å². The lowest BCUT2D eigenvalue weighted by Gasteiger charge is -2.09. The van der Waals surface area contributed by atoms with Gasteiger partial charge in [0.05, 0.1) is 5.69 Å². The van der Waals surface area contributed by atoms with Gasteiger partial charge in [-0.3, -0.25) is 4.79 Å². The molecular weight excluding hydrogens is 233 g/mol. The molecule has 1 aromatic carbocycles. The molecule has 18 heavy (non-hydrogen) atoms. The molecule has 0 aliphatic rings. The second kappa shape index (κ2) is 4.70. The second-order valence-electron chi connectivity index (χ2n) is 4.21. The van der Waals surface area contributed by atoms with E-state index < -0.39 is 0 Å². The molecule has 5 heteroatoms. The smallest absolute Gasteiger partial charge is 0.271 e. The van der Waals surface area contributed by atoms with E-state index in [1.54, 1.807) is 32.2 Å². The molecule has 0 aliphatic carbocycles. The number of aromatic nitrogens is 2. The Bertz CT molecular complexity index is 617. The lowest BCUT2D eigenvalue weighted by Crippen LogP contribution is -2.27. The second-order valence-corrected chi connectivity index (χ2v) is 4.21. The summed E-state index contributed by atoms with van der Waals surface area (Å²) < 4.78 is 14.1. The number of hydrogen-bond donors (Lipinski definition) is 1. The predicted molar refractivity (Wildman–Crippen MR) is 67.5 cm³/mol. The fourth-order valence-corrected chi connectivity index (χ4v) is 1.72. The first-order valence-electron chi connectivity index (χ1n) is 5.59. The largest absolute Gasteiger partial charge is 0.324 e. The maximum atomic E-state index is 12.9. The lowest BCUT2D eigenvalue weighted by atomic mass is 10.1. The summed E-state index contributed by atoms with van der Waals surface area (Å²) >= 11 is 0. The van der Waals surface area contributed by atoms with Crippen LogP contribution in [0.15, 0.2) is 35.1 Å². The molecule has 2 N–H and O–H groups in total. The van der Waals surface area contributed by atoms with Gasteiger partial charge in [-0.1, -0.05) is 0 Å². The molecule has 0 bridgehead atoms. The summed E-state index contributed by atoms with van der Waals surface area (Å²) in [7, 11) is 1.57. The van der Waals surface area contributed by atoms with Crippen molar-refractivity contribution >= 4 is 0 Å². The summed E-state index contributed by atoms with van der Waals surface area (Å²) in [6.45, 7) is 1.74. The number of rotatable bonds is 2. The number of aryl methyl sites for hydroxylation is 1. The predicted octanol–water partition coefficient (Wildman–Crippen LogP) is 1.61. The van der Waals surface area contributed by atoms with Crippen molar-refractivity contribution in [3.05, 3.63) is 52.1 Å². The fourth-order valence-electron chi connectivity index (χ4n) is 1.72. The van der Waals surface area contributed by atoms with E-state index >= 15 is 0 Å². The molecular formula is C13H14FN3O. The normalized spacial score (nSPS) is 12.4. The van der Waals surface area contributed by atoms with Gasteiger partial charge in [0.15, 0.2) is 0 Å². The Hall–Kier alpha value is -2.01. The van der Waals surface area contributed by atoms with E-state index in [1.165, 1.54) is 16.8 Å². The zero-order chi connectivity index (χ0) is 13.3. The van der Waals surface area contributed by atoms with E-state index in [0.717, 1.165) is 5.56 Å². The van der Waals surface area contributed by atoms with Gasteiger partial charge in [0.1, 0.15) is 5.82 Å². The Kier molecular flexibility index (Phi) is 3.25. The van der Waals surface area contributed by atoms with Crippen LogP contribution >= 0.6 is 0 Å². The third-order valence-electron chi connectivity index (χ3n) is 2.72. The van der Waals surface area contributed by atoms with Crippen molar-refractivity contribution in [3.63, 3.8) is 0 Å². The van der Waals surface area contributed by atoms with Crippen molar-refractivity contribution < 1.29 is 4.39 Å². The molecule has 0 spiro atoms. The third kappa shape index (κ3) is 2.31. The van der Waals surface area contributed by atoms with Crippen LogP contribution in [0.4, 0.5) is 4.39 Å². The monoisotopic (exact) mass is 247 g/mol. The molecule has 1 unspecified atom stereocenters. The quantitative estimate of drug-likeness (QED) is 0.877. The van der Waals surface area contributed by atoms with Crippen LogP contribution in [-0.2, 0) is 7.05 Å². The molecule has 4 nitrogen and oxygen atoms in total. The van der Waals surface area contributed by atoms with Crippen molar-refractivity contribution in [3.8, 4) is 11.3 Å². The van der Waals surface area contributed by atoms with E-state index in [0.29, 0.717) is 11.3 Å². The van der Waals surface area contributed by atoms with E-state index in [1.807, 2.05) is 0 Å². The average molecular weight is 247 g/mol. The number of benzene rings is 1. The van der Waals surface area contributed by atoms with Gasteiger partial charge in [0.2, 0.25) is 0 Å². The first-order chi connectivity index (χ1) is 8.49. The van der Waals surface area contributed by atoms with Crippen LogP contribution in [0.5, 0.6) is 0 Å². The Labute approximate surface area is 104 Å². The summed E-state index contributed by atoms with van der Waals surface area (Å²) in [5, 5.41) is 4.14. The molecule has 1 atom stereocenters. The fraction of sp³-hybridized carbons (Fsp3) is 0.231. The van der Waals surface area contributed by atoms with Crippen molar-refractivity contribution in [2.24, 2.45) is 12.8 Å². The van der Waals surface area contributed by atoms with Gasteiger partial charge in [0.25, 0.3) is 5.56 Å². The molecule has 0 radical (unpaired) electrons. The first kappa shape index (κ1) is 12.4. The molecule has 2 aromatic rings. The molecule has 2 rings (SSSR count). The van der Waals surface area contributed by atoms with Crippen molar-refractivity contribution in [1.82, 2.24) is 9.78 Å². The highest BCUT2D eigenvalue weighted by atomic mass is 19.1. The van der Waals surface area contributed by atoms with Gasteiger partial charge in [-0.05, 0) is 37.3 Å². The van der Waals surface area contributed by atoms with Crippen LogP contribution in [0.1, 0.15) is 18.5 Å². The van der Waals surface area contributed by atoms with Crippen molar-refractivity contribution in [2.75, 3.05) is 0 Å². The van der Waals surface area contributed by atoms with Gasteiger partial charge in [-0.15, -0.1) is 0 Å². The minimum Gasteiger partial charge on any atom is -0.324 e. The molecule has 1 heterocycles. The summed E-state index contributed by atoms with van der Waals surface area (Å²) in [4.78, 5) is 11.8. The van der Waals surface area contributed by atoms with E-state index in [2.05, 4.69) is 5.10 Å². The Morgan fingerprint density at radius 1 is 1.33 bits per heavy atom. The zero-order valence-electron chi connectivity index (χ0n) is 10.2. The SMILES string of the molecule is CC(N)c1cc(-c2ccc(F)cc2)nn(C)c1=O. The standard InChI is InChI=1S/C13H14FN3O/c1-8(15)11-7-12(16-17(2)13(11)18)9-3-5-10(14)6-4-9/h3-8H,15H2,1-2H3. The maximum absolute atomic E-state index is 12.9. The van der Waals surface area contributed by atoms with Crippen molar-refractivity contribution in [2.45, 2.75) is 13.0 Å². The maximum Gasteiger partial charge on any atom is 0.271 e. The Morgan fingerprint density at radius 2 is 1.94 bits per heavy atom. The molecule has 0 aliphatic heterocycles. The molecule has 0 amide bonds. The molecule has 0 fully saturated rings. The highest BCUT2D eigenvalue weighted by Crippen LogP contribution is 2.18. The number of hydrogen-bond acceptors (Lipinski definition) is 3. The van der Waals surface area contributed by atoms with Gasteiger partial charge < -0.3 is 5.73 Å². The van der Waals surface area contributed by atoms with E-state index in [4.69, 9.17) is 5.73 Å². The zero-order valence-corrected chi connectivity index (χ0v) is 10.2. The molecule has 1 aromatic heterocycles. The van der Waals surface area contributed by atoms with Gasteiger partial charge in [0, 0.05) is 24.2 Å². The van der Waals surface area contributed by atoms with Gasteiger partial charge in [-0.2, -0.15) is 5.10 Å². The van der Waals surface area contributed by atoms with E-state index in [-0.39, 0.29) is 17.4 Å². The summed E-state index contributed by atoms with van der Waals surface area (Å²) in [5.74, 6) is -0.309. The lowest BCUT2D eigenvalue weighted by molar-refractivity contribution is 0.628. The van der Waals surface area contributed by atoms with Crippen LogP contribution < -0.4 is 11.3 Å². The van der Waals surface area contributed by atoms with Crippen LogP contribution in [0.3, 0.4) is 0 Å². The van der Waals surface area contributed by atoms with E-state index in [9.17, 15) is 9.18 Å². The average Bonchev–Trinajstić information content (AvgIpc) is 2.33.